The number of rotatable bonds is 9. The molecule has 0 saturated carbocycles. The van der Waals surface area contributed by atoms with Crippen molar-refractivity contribution in [3.05, 3.63) is 0 Å². The van der Waals surface area contributed by atoms with Gasteiger partial charge in [0.25, 0.3) is 0 Å². The summed E-state index contributed by atoms with van der Waals surface area (Å²) in [6.45, 7) is 3.51. The van der Waals surface area contributed by atoms with Gasteiger partial charge in [-0.1, -0.05) is 44.4 Å². The van der Waals surface area contributed by atoms with Crippen LogP contribution in [0.15, 0.2) is 5.16 Å². The van der Waals surface area contributed by atoms with Crippen molar-refractivity contribution in [3.63, 3.8) is 0 Å². The number of nitrogens with zero attached hydrogens (tertiary/aromatic N) is 4. The number of hydrogen-bond acceptors (Lipinski definition) is 5. The topological polar surface area (TPSA) is 69.6 Å². The van der Waals surface area contributed by atoms with E-state index >= 15 is 0 Å². The quantitative estimate of drug-likeness (QED) is 0.528. The Morgan fingerprint density at radius 1 is 1.25 bits per heavy atom. The zero-order valence-electron chi connectivity index (χ0n) is 9.93. The van der Waals surface area contributed by atoms with Gasteiger partial charge < -0.3 is 5.73 Å². The van der Waals surface area contributed by atoms with Crippen LogP contribution in [-0.4, -0.2) is 32.5 Å². The van der Waals surface area contributed by atoms with Crippen molar-refractivity contribution in [1.29, 1.82) is 0 Å². The van der Waals surface area contributed by atoms with E-state index in [1.54, 1.807) is 16.4 Å². The summed E-state index contributed by atoms with van der Waals surface area (Å²) < 4.78 is 1.77. The molecule has 0 bridgehead atoms. The van der Waals surface area contributed by atoms with Crippen molar-refractivity contribution in [1.82, 2.24) is 20.2 Å². The van der Waals surface area contributed by atoms with Gasteiger partial charge in [0.2, 0.25) is 5.16 Å². The predicted octanol–water partition coefficient (Wildman–Crippen LogP) is 1.69. The Kier molecular flexibility index (Phi) is 7.16. The molecule has 1 aromatic rings. The maximum Gasteiger partial charge on any atom is 0.209 e. The Balaban J connectivity index is 2.13. The van der Waals surface area contributed by atoms with E-state index in [1.807, 2.05) is 0 Å². The summed E-state index contributed by atoms with van der Waals surface area (Å²) >= 11 is 1.72. The zero-order chi connectivity index (χ0) is 11.6. The minimum Gasteiger partial charge on any atom is -0.329 e. The first-order valence-electron chi connectivity index (χ1n) is 5.97. The molecular weight excluding hydrogens is 222 g/mol. The second kappa shape index (κ2) is 8.52. The van der Waals surface area contributed by atoms with Crippen LogP contribution < -0.4 is 5.73 Å². The third-order valence-electron chi connectivity index (χ3n) is 2.32. The highest BCUT2D eigenvalue weighted by atomic mass is 32.2. The van der Waals surface area contributed by atoms with Crippen LogP contribution in [0.1, 0.15) is 39.0 Å². The number of tetrazole rings is 1. The molecule has 0 unspecified atom stereocenters. The monoisotopic (exact) mass is 243 g/mol. The van der Waals surface area contributed by atoms with Crippen LogP contribution in [0.5, 0.6) is 0 Å². The number of unbranched alkanes of at least 4 members (excludes halogenated alkanes) is 4. The standard InChI is InChI=1S/C10H21N5S/c1-2-3-4-5-6-9-16-10-12-13-14-15(10)8-7-11/h2-9,11H2,1H3. The van der Waals surface area contributed by atoms with Gasteiger partial charge in [-0.05, 0) is 16.8 Å². The van der Waals surface area contributed by atoms with Gasteiger partial charge in [0.05, 0.1) is 6.54 Å². The van der Waals surface area contributed by atoms with Gasteiger partial charge in [-0.15, -0.1) is 5.10 Å². The average Bonchev–Trinajstić information content (AvgIpc) is 2.72. The van der Waals surface area contributed by atoms with Crippen molar-refractivity contribution in [2.75, 3.05) is 12.3 Å². The van der Waals surface area contributed by atoms with Crippen LogP contribution >= 0.6 is 11.8 Å². The number of thioether (sulfide) groups is 1. The van der Waals surface area contributed by atoms with Crippen molar-refractivity contribution >= 4 is 11.8 Å². The lowest BCUT2D eigenvalue weighted by Gasteiger charge is -2.02. The van der Waals surface area contributed by atoms with Gasteiger partial charge in [0.15, 0.2) is 0 Å². The molecule has 1 rings (SSSR count). The second-order valence-corrected chi connectivity index (χ2v) is 4.80. The minimum absolute atomic E-state index is 0.578. The van der Waals surface area contributed by atoms with E-state index in [2.05, 4.69) is 22.4 Å². The Hall–Kier alpha value is -0.620. The average molecular weight is 243 g/mol. The summed E-state index contributed by atoms with van der Waals surface area (Å²) in [5.41, 5.74) is 5.47. The van der Waals surface area contributed by atoms with E-state index in [9.17, 15) is 0 Å². The van der Waals surface area contributed by atoms with Crippen molar-refractivity contribution in [2.45, 2.75) is 50.7 Å². The van der Waals surface area contributed by atoms with Gasteiger partial charge in [-0.25, -0.2) is 4.68 Å². The summed E-state index contributed by atoms with van der Waals surface area (Å²) in [4.78, 5) is 0. The highest BCUT2D eigenvalue weighted by molar-refractivity contribution is 7.99. The van der Waals surface area contributed by atoms with E-state index in [0.717, 1.165) is 10.9 Å². The van der Waals surface area contributed by atoms with E-state index in [-0.39, 0.29) is 0 Å². The lowest BCUT2D eigenvalue weighted by molar-refractivity contribution is 0.556. The molecule has 6 heteroatoms. The first-order valence-corrected chi connectivity index (χ1v) is 6.96. The molecule has 92 valence electrons. The van der Waals surface area contributed by atoms with Crippen LogP contribution in [0, 0.1) is 0 Å². The highest BCUT2D eigenvalue weighted by Crippen LogP contribution is 2.16. The molecule has 0 aliphatic carbocycles. The van der Waals surface area contributed by atoms with E-state index < -0.39 is 0 Å². The molecule has 0 radical (unpaired) electrons. The summed E-state index contributed by atoms with van der Waals surface area (Å²) in [6, 6.07) is 0. The molecule has 0 aromatic carbocycles. The number of aromatic nitrogens is 4. The molecule has 2 N–H and O–H groups in total. The summed E-state index contributed by atoms with van der Waals surface area (Å²) in [5, 5.41) is 12.4. The van der Waals surface area contributed by atoms with Crippen LogP contribution in [0.2, 0.25) is 0 Å². The maximum absolute atomic E-state index is 5.47. The van der Waals surface area contributed by atoms with Gasteiger partial charge in [0.1, 0.15) is 0 Å². The van der Waals surface area contributed by atoms with Gasteiger partial charge in [0, 0.05) is 12.3 Å². The molecule has 1 heterocycles. The summed E-state index contributed by atoms with van der Waals surface area (Å²) in [6.07, 6.45) is 6.52. The van der Waals surface area contributed by atoms with Crippen molar-refractivity contribution in [3.8, 4) is 0 Å². The third kappa shape index (κ3) is 4.94. The normalized spacial score (nSPS) is 10.9. The fourth-order valence-corrected chi connectivity index (χ4v) is 2.33. The number of nitrogens with two attached hydrogens (primary N) is 1. The lowest BCUT2D eigenvalue weighted by Crippen LogP contribution is -2.12. The molecule has 0 spiro atoms. The van der Waals surface area contributed by atoms with Gasteiger partial charge >= 0.3 is 0 Å². The molecule has 0 atom stereocenters. The van der Waals surface area contributed by atoms with Crippen LogP contribution in [0.3, 0.4) is 0 Å². The summed E-state index contributed by atoms with van der Waals surface area (Å²) in [7, 11) is 0. The molecule has 0 saturated heterocycles. The van der Waals surface area contributed by atoms with E-state index in [1.165, 1.54) is 32.1 Å². The first kappa shape index (κ1) is 13.4. The van der Waals surface area contributed by atoms with E-state index in [4.69, 9.17) is 5.73 Å². The molecule has 1 aromatic heterocycles. The second-order valence-electron chi connectivity index (χ2n) is 3.74. The number of hydrogen-bond donors (Lipinski definition) is 1. The zero-order valence-corrected chi connectivity index (χ0v) is 10.7. The molecule has 0 aliphatic rings. The smallest absolute Gasteiger partial charge is 0.209 e. The van der Waals surface area contributed by atoms with Crippen molar-refractivity contribution < 1.29 is 0 Å². The largest absolute Gasteiger partial charge is 0.329 e. The highest BCUT2D eigenvalue weighted by Gasteiger charge is 2.04. The Labute approximate surface area is 101 Å². The molecule has 5 nitrogen and oxygen atoms in total. The predicted molar refractivity (Wildman–Crippen MR) is 66.4 cm³/mol. The fourth-order valence-electron chi connectivity index (χ4n) is 1.43. The van der Waals surface area contributed by atoms with Gasteiger partial charge in [-0.2, -0.15) is 0 Å². The Morgan fingerprint density at radius 2 is 2.06 bits per heavy atom. The first-order chi connectivity index (χ1) is 7.88. The Morgan fingerprint density at radius 3 is 2.81 bits per heavy atom. The third-order valence-corrected chi connectivity index (χ3v) is 3.36. The molecule has 0 fully saturated rings. The van der Waals surface area contributed by atoms with Gasteiger partial charge in [-0.3, -0.25) is 0 Å². The summed E-state index contributed by atoms with van der Waals surface area (Å²) in [5.74, 6) is 1.09. The molecule has 0 aliphatic heterocycles. The van der Waals surface area contributed by atoms with Crippen molar-refractivity contribution in [2.24, 2.45) is 5.73 Å². The maximum atomic E-state index is 5.47. The molecule has 16 heavy (non-hydrogen) atoms. The fraction of sp³-hybridized carbons (Fsp3) is 0.900. The SMILES string of the molecule is CCCCCCCSc1nnnn1CCN. The molecular formula is C10H21N5S. The van der Waals surface area contributed by atoms with Crippen LogP contribution in [0.4, 0.5) is 0 Å². The Bertz CT molecular complexity index is 276. The minimum atomic E-state index is 0.578. The van der Waals surface area contributed by atoms with Crippen LogP contribution in [0.25, 0.3) is 0 Å². The lowest BCUT2D eigenvalue weighted by atomic mass is 10.2. The van der Waals surface area contributed by atoms with Crippen LogP contribution in [-0.2, 0) is 6.54 Å². The molecule has 0 amide bonds. The van der Waals surface area contributed by atoms with E-state index in [0.29, 0.717) is 13.1 Å².